The Hall–Kier alpha value is -1.17. The number of amides is 1. The molecule has 1 amide bonds. The van der Waals surface area contributed by atoms with Crippen molar-refractivity contribution >= 4 is 17.5 Å². The summed E-state index contributed by atoms with van der Waals surface area (Å²) in [6.07, 6.45) is 3.45. The zero-order chi connectivity index (χ0) is 18.4. The van der Waals surface area contributed by atoms with Crippen LogP contribution in [0, 0.1) is 11.7 Å². The van der Waals surface area contributed by atoms with E-state index in [0.717, 1.165) is 38.4 Å². The zero-order valence-corrected chi connectivity index (χ0v) is 16.2. The molecule has 1 saturated heterocycles. The number of likely N-dealkylation sites (N-methyl/N-ethyl adjacent to an activating group) is 1. The number of benzene rings is 1. The zero-order valence-electron chi connectivity index (χ0n) is 15.4. The number of hydrogen-bond acceptors (Lipinski definition) is 3. The Balaban J connectivity index is 1.89. The quantitative estimate of drug-likeness (QED) is 0.802. The maximum Gasteiger partial charge on any atom is 0.239 e. The molecule has 25 heavy (non-hydrogen) atoms. The Morgan fingerprint density at radius 1 is 1.44 bits per heavy atom. The standard InChI is InChI=1S/C19H29ClFN3O/c1-14(24-11-8-15(9-12-24)7-10-22-2)19(25)23(3)13-16-17(20)5-4-6-18(16)21/h4-6,14-15,22H,7-13H2,1-3H3. The van der Waals surface area contributed by atoms with E-state index in [9.17, 15) is 9.18 Å². The third-order valence-corrected chi connectivity index (χ3v) is 5.54. The van der Waals surface area contributed by atoms with Crippen molar-refractivity contribution in [2.45, 2.75) is 38.8 Å². The third-order valence-electron chi connectivity index (χ3n) is 5.19. The van der Waals surface area contributed by atoms with Gasteiger partial charge in [0, 0.05) is 24.2 Å². The van der Waals surface area contributed by atoms with Gasteiger partial charge in [-0.3, -0.25) is 9.69 Å². The lowest BCUT2D eigenvalue weighted by Crippen LogP contribution is -2.48. The molecule has 0 bridgehead atoms. The highest BCUT2D eigenvalue weighted by atomic mass is 35.5. The fourth-order valence-corrected chi connectivity index (χ4v) is 3.67. The molecular weight excluding hydrogens is 341 g/mol. The molecule has 1 aliphatic heterocycles. The lowest BCUT2D eigenvalue weighted by molar-refractivity contribution is -0.136. The maximum atomic E-state index is 13.9. The second-order valence-corrected chi connectivity index (χ2v) is 7.35. The van der Waals surface area contributed by atoms with Gasteiger partial charge in [-0.05, 0) is 70.9 Å². The summed E-state index contributed by atoms with van der Waals surface area (Å²) in [5, 5.41) is 3.56. The van der Waals surface area contributed by atoms with Gasteiger partial charge in [0.05, 0.1) is 6.04 Å². The highest BCUT2D eigenvalue weighted by molar-refractivity contribution is 6.31. The lowest BCUT2D eigenvalue weighted by Gasteiger charge is -2.36. The van der Waals surface area contributed by atoms with Crippen molar-refractivity contribution in [2.24, 2.45) is 5.92 Å². The Labute approximate surface area is 155 Å². The van der Waals surface area contributed by atoms with Crippen molar-refractivity contribution in [2.75, 3.05) is 33.7 Å². The first kappa shape index (κ1) is 20.1. The van der Waals surface area contributed by atoms with E-state index in [2.05, 4.69) is 10.2 Å². The van der Waals surface area contributed by atoms with Gasteiger partial charge in [-0.1, -0.05) is 17.7 Å². The molecule has 140 valence electrons. The first-order chi connectivity index (χ1) is 11.9. The first-order valence-corrected chi connectivity index (χ1v) is 9.38. The van der Waals surface area contributed by atoms with E-state index in [1.807, 2.05) is 14.0 Å². The molecule has 1 unspecified atom stereocenters. The summed E-state index contributed by atoms with van der Waals surface area (Å²) in [6, 6.07) is 4.40. The normalized spacial score (nSPS) is 17.5. The molecule has 0 aromatic heterocycles. The predicted octanol–water partition coefficient (Wildman–Crippen LogP) is 3.15. The van der Waals surface area contributed by atoms with E-state index in [1.54, 1.807) is 24.1 Å². The Kier molecular flexibility index (Phi) is 7.66. The SMILES string of the molecule is CNCCC1CCN(C(C)C(=O)N(C)Cc2c(F)cccc2Cl)CC1. The van der Waals surface area contributed by atoms with Crippen LogP contribution in [0.2, 0.25) is 5.02 Å². The van der Waals surface area contributed by atoms with Crippen molar-refractivity contribution in [1.29, 1.82) is 0 Å². The van der Waals surface area contributed by atoms with Crippen LogP contribution in [-0.2, 0) is 11.3 Å². The maximum absolute atomic E-state index is 13.9. The summed E-state index contributed by atoms with van der Waals surface area (Å²) in [4.78, 5) is 16.5. The van der Waals surface area contributed by atoms with Crippen LogP contribution in [0.1, 0.15) is 31.7 Å². The van der Waals surface area contributed by atoms with Crippen LogP contribution < -0.4 is 5.32 Å². The summed E-state index contributed by atoms with van der Waals surface area (Å²) < 4.78 is 13.9. The van der Waals surface area contributed by atoms with Crippen LogP contribution in [-0.4, -0.2) is 55.5 Å². The van der Waals surface area contributed by atoms with Gasteiger partial charge >= 0.3 is 0 Å². The molecule has 0 saturated carbocycles. The van der Waals surface area contributed by atoms with Crippen LogP contribution in [0.5, 0.6) is 0 Å². The fraction of sp³-hybridized carbons (Fsp3) is 0.632. The van der Waals surface area contributed by atoms with Gasteiger partial charge in [-0.15, -0.1) is 0 Å². The topological polar surface area (TPSA) is 35.6 Å². The van der Waals surface area contributed by atoms with Crippen LogP contribution >= 0.6 is 11.6 Å². The van der Waals surface area contributed by atoms with E-state index >= 15 is 0 Å². The fourth-order valence-electron chi connectivity index (χ4n) is 3.45. The molecule has 1 aromatic carbocycles. The molecule has 1 aromatic rings. The van der Waals surface area contributed by atoms with Crippen molar-refractivity contribution < 1.29 is 9.18 Å². The van der Waals surface area contributed by atoms with E-state index in [4.69, 9.17) is 11.6 Å². The molecule has 0 spiro atoms. The summed E-state index contributed by atoms with van der Waals surface area (Å²) in [5.41, 5.74) is 0.373. The average molecular weight is 370 g/mol. The minimum absolute atomic E-state index is 0.00740. The van der Waals surface area contributed by atoms with Crippen molar-refractivity contribution in [3.8, 4) is 0 Å². The van der Waals surface area contributed by atoms with Crippen LogP contribution in [0.15, 0.2) is 18.2 Å². The Bertz CT molecular complexity index is 556. The highest BCUT2D eigenvalue weighted by Gasteiger charge is 2.28. The summed E-state index contributed by atoms with van der Waals surface area (Å²) in [7, 11) is 3.69. The molecule has 0 aliphatic carbocycles. The molecule has 1 heterocycles. The molecular formula is C19H29ClFN3O. The number of carbonyl (C=O) groups is 1. The Morgan fingerprint density at radius 2 is 2.12 bits per heavy atom. The van der Waals surface area contributed by atoms with Gasteiger partial charge in [-0.2, -0.15) is 0 Å². The number of carbonyl (C=O) groups excluding carboxylic acids is 1. The molecule has 6 heteroatoms. The first-order valence-electron chi connectivity index (χ1n) is 9.00. The number of nitrogens with zero attached hydrogens (tertiary/aromatic N) is 2. The molecule has 0 radical (unpaired) electrons. The molecule has 4 nitrogen and oxygen atoms in total. The van der Waals surface area contributed by atoms with Gasteiger partial charge in [-0.25, -0.2) is 4.39 Å². The van der Waals surface area contributed by atoms with Gasteiger partial charge in [0.2, 0.25) is 5.91 Å². The third kappa shape index (κ3) is 5.40. The van der Waals surface area contributed by atoms with E-state index in [-0.39, 0.29) is 24.3 Å². The summed E-state index contributed by atoms with van der Waals surface area (Å²) >= 11 is 6.07. The number of piperidine rings is 1. The Morgan fingerprint density at radius 3 is 2.72 bits per heavy atom. The number of nitrogens with one attached hydrogen (secondary N) is 1. The molecule has 2 rings (SSSR count). The lowest BCUT2D eigenvalue weighted by atomic mass is 9.92. The van der Waals surface area contributed by atoms with Crippen molar-refractivity contribution in [3.05, 3.63) is 34.6 Å². The largest absolute Gasteiger partial charge is 0.340 e. The van der Waals surface area contributed by atoms with Gasteiger partial charge in [0.15, 0.2) is 0 Å². The van der Waals surface area contributed by atoms with Crippen LogP contribution in [0.3, 0.4) is 0 Å². The molecule has 1 N–H and O–H groups in total. The monoisotopic (exact) mass is 369 g/mol. The minimum atomic E-state index is -0.370. The van der Waals surface area contributed by atoms with Crippen molar-refractivity contribution in [3.63, 3.8) is 0 Å². The number of likely N-dealkylation sites (tertiary alicyclic amines) is 1. The molecule has 1 fully saturated rings. The van der Waals surface area contributed by atoms with Crippen LogP contribution in [0.4, 0.5) is 4.39 Å². The second-order valence-electron chi connectivity index (χ2n) is 6.94. The predicted molar refractivity (Wildman–Crippen MR) is 100 cm³/mol. The highest BCUT2D eigenvalue weighted by Crippen LogP contribution is 2.23. The second kappa shape index (κ2) is 9.51. The van der Waals surface area contributed by atoms with Crippen LogP contribution in [0.25, 0.3) is 0 Å². The van der Waals surface area contributed by atoms with Crippen molar-refractivity contribution in [1.82, 2.24) is 15.1 Å². The van der Waals surface area contributed by atoms with Gasteiger partial charge < -0.3 is 10.2 Å². The van der Waals surface area contributed by atoms with E-state index in [0.29, 0.717) is 10.6 Å². The minimum Gasteiger partial charge on any atom is -0.340 e. The average Bonchev–Trinajstić information content (AvgIpc) is 2.62. The number of hydrogen-bond donors (Lipinski definition) is 1. The summed E-state index contributed by atoms with van der Waals surface area (Å²) in [5.74, 6) is 0.374. The smallest absolute Gasteiger partial charge is 0.239 e. The summed E-state index contributed by atoms with van der Waals surface area (Å²) in [6.45, 7) is 5.06. The van der Waals surface area contributed by atoms with E-state index in [1.165, 1.54) is 12.5 Å². The van der Waals surface area contributed by atoms with E-state index < -0.39 is 0 Å². The molecule has 1 atom stereocenters. The number of halogens is 2. The molecule has 1 aliphatic rings. The van der Waals surface area contributed by atoms with Gasteiger partial charge in [0.25, 0.3) is 0 Å². The number of rotatable bonds is 7. The van der Waals surface area contributed by atoms with Gasteiger partial charge in [0.1, 0.15) is 5.82 Å².